The van der Waals surface area contributed by atoms with Crippen LogP contribution < -0.4 is 0 Å². The number of halogens is 1. The Morgan fingerprint density at radius 3 is 3.00 bits per heavy atom. The van der Waals surface area contributed by atoms with Crippen LogP contribution in [0.25, 0.3) is 0 Å². The molecule has 3 rings (SSSR count). The van der Waals surface area contributed by atoms with Crippen molar-refractivity contribution < 1.29 is 9.18 Å². The molecule has 0 spiro atoms. The fourth-order valence-corrected chi connectivity index (χ4v) is 3.23. The second kappa shape index (κ2) is 5.13. The first kappa shape index (κ1) is 12.9. The Morgan fingerprint density at radius 1 is 1.32 bits per heavy atom. The van der Waals surface area contributed by atoms with Gasteiger partial charge < -0.3 is 4.90 Å². The summed E-state index contributed by atoms with van der Waals surface area (Å²) in [6.07, 6.45) is 2.34. The van der Waals surface area contributed by atoms with Crippen LogP contribution in [0.1, 0.15) is 23.2 Å². The molecule has 2 saturated heterocycles. The van der Waals surface area contributed by atoms with Gasteiger partial charge in [-0.05, 0) is 37.6 Å². The third-order valence-corrected chi connectivity index (χ3v) is 4.33. The molecule has 2 aliphatic rings. The normalized spacial score (nSPS) is 23.5. The van der Waals surface area contributed by atoms with E-state index in [-0.39, 0.29) is 11.5 Å². The zero-order valence-corrected chi connectivity index (χ0v) is 11.6. The minimum absolute atomic E-state index is 0.138. The molecular formula is C14H17FN2OS. The quantitative estimate of drug-likeness (QED) is 0.796. The Labute approximate surface area is 117 Å². The van der Waals surface area contributed by atoms with E-state index in [1.807, 2.05) is 0 Å². The van der Waals surface area contributed by atoms with Gasteiger partial charge in [0.1, 0.15) is 5.82 Å². The van der Waals surface area contributed by atoms with Crippen LogP contribution in [0.5, 0.6) is 0 Å². The highest BCUT2D eigenvalue weighted by Crippen LogP contribution is 2.23. The Morgan fingerprint density at radius 2 is 2.16 bits per heavy atom. The van der Waals surface area contributed by atoms with Gasteiger partial charge in [-0.1, -0.05) is 0 Å². The summed E-state index contributed by atoms with van der Waals surface area (Å²) in [7, 11) is 0. The van der Waals surface area contributed by atoms with E-state index in [1.165, 1.54) is 18.6 Å². The maximum Gasteiger partial charge on any atom is 0.256 e. The third-order valence-electron chi connectivity index (χ3n) is 4.05. The number of piperazine rings is 1. The van der Waals surface area contributed by atoms with Crippen molar-refractivity contribution in [1.82, 2.24) is 9.80 Å². The fraction of sp³-hybridized carbons (Fsp3) is 0.500. The van der Waals surface area contributed by atoms with Gasteiger partial charge in [0, 0.05) is 30.6 Å². The molecule has 0 aromatic heterocycles. The maximum atomic E-state index is 13.8. The van der Waals surface area contributed by atoms with Gasteiger partial charge in [-0.2, -0.15) is 0 Å². The van der Waals surface area contributed by atoms with Crippen LogP contribution in [0.3, 0.4) is 0 Å². The minimum atomic E-state index is -0.461. The molecule has 0 aliphatic carbocycles. The van der Waals surface area contributed by atoms with Crippen LogP contribution in [-0.4, -0.2) is 47.9 Å². The van der Waals surface area contributed by atoms with Gasteiger partial charge in [0.15, 0.2) is 0 Å². The molecule has 0 radical (unpaired) electrons. The van der Waals surface area contributed by atoms with Crippen molar-refractivity contribution >= 4 is 18.5 Å². The maximum absolute atomic E-state index is 13.8. The first-order chi connectivity index (χ1) is 9.15. The Bertz CT molecular complexity index is 508. The van der Waals surface area contributed by atoms with Gasteiger partial charge in [-0.3, -0.25) is 9.69 Å². The predicted octanol–water partition coefficient (Wildman–Crippen LogP) is 2.03. The largest absolute Gasteiger partial charge is 0.336 e. The number of carbonyl (C=O) groups is 1. The number of benzene rings is 1. The van der Waals surface area contributed by atoms with Gasteiger partial charge >= 0.3 is 0 Å². The predicted molar refractivity (Wildman–Crippen MR) is 74.2 cm³/mol. The molecular weight excluding hydrogens is 263 g/mol. The lowest BCUT2D eigenvalue weighted by Crippen LogP contribution is -2.52. The summed E-state index contributed by atoms with van der Waals surface area (Å²) < 4.78 is 13.8. The molecule has 2 fully saturated rings. The van der Waals surface area contributed by atoms with Crippen molar-refractivity contribution in [3.8, 4) is 0 Å². The van der Waals surface area contributed by atoms with Crippen LogP contribution >= 0.6 is 12.6 Å². The van der Waals surface area contributed by atoms with Gasteiger partial charge in [0.2, 0.25) is 0 Å². The van der Waals surface area contributed by atoms with Gasteiger partial charge in [0.05, 0.1) is 5.56 Å². The molecule has 3 nitrogen and oxygen atoms in total. The molecule has 1 amide bonds. The zero-order valence-electron chi connectivity index (χ0n) is 10.7. The van der Waals surface area contributed by atoms with E-state index in [0.717, 1.165) is 26.1 Å². The lowest BCUT2D eigenvalue weighted by atomic mass is 10.1. The first-order valence-electron chi connectivity index (χ1n) is 6.67. The van der Waals surface area contributed by atoms with E-state index in [1.54, 1.807) is 11.0 Å². The van der Waals surface area contributed by atoms with Crippen molar-refractivity contribution in [3.05, 3.63) is 29.6 Å². The second-order valence-electron chi connectivity index (χ2n) is 5.25. The second-order valence-corrected chi connectivity index (χ2v) is 5.76. The average Bonchev–Trinajstić information content (AvgIpc) is 2.88. The molecule has 19 heavy (non-hydrogen) atoms. The van der Waals surface area contributed by atoms with E-state index in [2.05, 4.69) is 17.5 Å². The molecule has 1 aromatic rings. The van der Waals surface area contributed by atoms with Crippen LogP contribution in [0.4, 0.5) is 4.39 Å². The standard InChI is InChI=1S/C14H17FN2OS/c15-13-4-3-11(19)8-12(13)14(18)17-7-6-16-5-1-2-10(16)9-17/h3-4,8,10,19H,1-2,5-7,9H2. The molecule has 2 aliphatic heterocycles. The Kier molecular flexibility index (Phi) is 3.50. The van der Waals surface area contributed by atoms with Gasteiger partial charge in [-0.25, -0.2) is 4.39 Å². The number of nitrogens with zero attached hydrogens (tertiary/aromatic N) is 2. The highest BCUT2D eigenvalue weighted by molar-refractivity contribution is 7.80. The first-order valence-corrected chi connectivity index (χ1v) is 7.12. The molecule has 0 N–H and O–H groups in total. The Balaban J connectivity index is 1.78. The lowest BCUT2D eigenvalue weighted by Gasteiger charge is -2.37. The number of hydrogen-bond acceptors (Lipinski definition) is 3. The molecule has 102 valence electrons. The highest BCUT2D eigenvalue weighted by atomic mass is 32.1. The number of hydrogen-bond donors (Lipinski definition) is 1. The number of thiol groups is 1. The molecule has 1 aromatic carbocycles. The summed E-state index contributed by atoms with van der Waals surface area (Å²) in [6.45, 7) is 3.44. The number of amides is 1. The van der Waals surface area contributed by atoms with Crippen molar-refractivity contribution in [1.29, 1.82) is 0 Å². The van der Waals surface area contributed by atoms with E-state index in [9.17, 15) is 9.18 Å². The molecule has 2 heterocycles. The smallest absolute Gasteiger partial charge is 0.256 e. The van der Waals surface area contributed by atoms with Crippen LogP contribution in [0.15, 0.2) is 23.1 Å². The average molecular weight is 280 g/mol. The van der Waals surface area contributed by atoms with E-state index < -0.39 is 5.82 Å². The van der Waals surface area contributed by atoms with Crippen molar-refractivity contribution in [2.75, 3.05) is 26.2 Å². The Hall–Kier alpha value is -1.07. The molecule has 1 atom stereocenters. The minimum Gasteiger partial charge on any atom is -0.336 e. The van der Waals surface area contributed by atoms with Gasteiger partial charge in [0.25, 0.3) is 5.91 Å². The molecule has 0 saturated carbocycles. The summed E-state index contributed by atoms with van der Waals surface area (Å²) in [5, 5.41) is 0. The van der Waals surface area contributed by atoms with Crippen LogP contribution in [-0.2, 0) is 0 Å². The SMILES string of the molecule is O=C(c1cc(S)ccc1F)N1CCN2CCCC2C1. The van der Waals surface area contributed by atoms with Gasteiger partial charge in [-0.15, -0.1) is 12.6 Å². The zero-order chi connectivity index (χ0) is 13.4. The fourth-order valence-electron chi connectivity index (χ4n) is 3.02. The molecule has 1 unspecified atom stereocenters. The number of carbonyl (C=O) groups excluding carboxylic acids is 1. The molecule has 0 bridgehead atoms. The van der Waals surface area contributed by atoms with Crippen LogP contribution in [0, 0.1) is 5.82 Å². The molecule has 5 heteroatoms. The van der Waals surface area contributed by atoms with Crippen molar-refractivity contribution in [2.45, 2.75) is 23.8 Å². The number of rotatable bonds is 1. The topological polar surface area (TPSA) is 23.6 Å². The number of fused-ring (bicyclic) bond motifs is 1. The van der Waals surface area contributed by atoms with Crippen molar-refractivity contribution in [3.63, 3.8) is 0 Å². The summed E-state index contributed by atoms with van der Waals surface area (Å²) in [4.78, 5) is 17.2. The summed E-state index contributed by atoms with van der Waals surface area (Å²) in [6, 6.07) is 4.84. The lowest BCUT2D eigenvalue weighted by molar-refractivity contribution is 0.0566. The van der Waals surface area contributed by atoms with E-state index >= 15 is 0 Å². The summed E-state index contributed by atoms with van der Waals surface area (Å²) >= 11 is 4.17. The third kappa shape index (κ3) is 2.49. The van der Waals surface area contributed by atoms with E-state index in [0.29, 0.717) is 17.5 Å². The summed E-state index contributed by atoms with van der Waals surface area (Å²) in [5.41, 5.74) is 0.138. The monoisotopic (exact) mass is 280 g/mol. The summed E-state index contributed by atoms with van der Waals surface area (Å²) in [5.74, 6) is -0.670. The van der Waals surface area contributed by atoms with Crippen LogP contribution in [0.2, 0.25) is 0 Å². The van der Waals surface area contributed by atoms with Crippen molar-refractivity contribution in [2.24, 2.45) is 0 Å². The van der Waals surface area contributed by atoms with E-state index in [4.69, 9.17) is 0 Å². The highest BCUT2D eigenvalue weighted by Gasteiger charge is 2.33.